The maximum Gasteiger partial charge on any atom is 0.253 e. The van der Waals surface area contributed by atoms with Crippen molar-refractivity contribution >= 4 is 5.91 Å². The minimum Gasteiger partial charge on any atom is -0.394 e. The van der Waals surface area contributed by atoms with Crippen molar-refractivity contribution in [2.75, 3.05) is 13.2 Å². The Bertz CT molecular complexity index is 925. The lowest BCUT2D eigenvalue weighted by Crippen LogP contribution is -2.60. The monoisotopic (exact) mass is 712 g/mol. The lowest BCUT2D eigenvalue weighted by atomic mass is 9.99. The highest BCUT2D eigenvalue weighted by atomic mass is 16.7. The zero-order valence-electron chi connectivity index (χ0n) is 31.5. The standard InChI is InChI=1S/C40H73NO9/c1-4-6-8-9-10-11-12-13-14-15-16-17-18-19-23-28-34(44)39(48)41-32(30-49-40-38(47)37(46)36(45)35(29-42)50-40)33(43)27-24-20-22-26-31(3)25-21-7-5-2/h23-24,26-28,32-38,40,42-47H,4-22,25,29-30H2,1-3H3,(H,41,48). The molecule has 0 aliphatic carbocycles. The molecule has 0 radical (unpaired) electrons. The summed E-state index contributed by atoms with van der Waals surface area (Å²) in [6.07, 6.45) is 22.2. The predicted molar refractivity (Wildman–Crippen MR) is 199 cm³/mol. The molecule has 0 spiro atoms. The number of aliphatic hydroxyl groups is 6. The summed E-state index contributed by atoms with van der Waals surface area (Å²) in [5.41, 5.74) is 1.33. The number of hydrogen-bond acceptors (Lipinski definition) is 9. The van der Waals surface area contributed by atoms with Crippen molar-refractivity contribution in [1.29, 1.82) is 0 Å². The molecular formula is C40H73NO9. The van der Waals surface area contributed by atoms with Crippen LogP contribution in [0.4, 0.5) is 0 Å². The third-order valence-corrected chi connectivity index (χ3v) is 9.42. The van der Waals surface area contributed by atoms with Gasteiger partial charge < -0.3 is 45.4 Å². The molecule has 0 aromatic rings. The van der Waals surface area contributed by atoms with Gasteiger partial charge in [0.25, 0.3) is 5.91 Å². The van der Waals surface area contributed by atoms with Crippen LogP contribution in [-0.2, 0) is 14.3 Å². The summed E-state index contributed by atoms with van der Waals surface area (Å²) in [5, 5.41) is 64.1. The quantitative estimate of drug-likeness (QED) is 0.0354. The summed E-state index contributed by atoms with van der Waals surface area (Å²) >= 11 is 0. The van der Waals surface area contributed by atoms with Gasteiger partial charge in [-0.25, -0.2) is 0 Å². The Kier molecular flexibility index (Phi) is 27.7. The largest absolute Gasteiger partial charge is 0.394 e. The van der Waals surface area contributed by atoms with Gasteiger partial charge in [-0.3, -0.25) is 4.79 Å². The number of aliphatic hydroxyl groups excluding tert-OH is 6. The van der Waals surface area contributed by atoms with E-state index in [1.807, 2.05) is 6.08 Å². The van der Waals surface area contributed by atoms with Gasteiger partial charge >= 0.3 is 0 Å². The van der Waals surface area contributed by atoms with Crippen LogP contribution in [0.3, 0.4) is 0 Å². The minimum absolute atomic E-state index is 0.341. The van der Waals surface area contributed by atoms with Crippen LogP contribution in [0.1, 0.15) is 149 Å². The first-order chi connectivity index (χ1) is 24.2. The van der Waals surface area contributed by atoms with Gasteiger partial charge in [0.05, 0.1) is 25.4 Å². The highest BCUT2D eigenvalue weighted by Crippen LogP contribution is 2.22. The molecule has 0 aromatic carbocycles. The smallest absolute Gasteiger partial charge is 0.253 e. The fourth-order valence-electron chi connectivity index (χ4n) is 6.04. The van der Waals surface area contributed by atoms with Crippen LogP contribution in [0.15, 0.2) is 36.0 Å². The van der Waals surface area contributed by atoms with E-state index in [4.69, 9.17) is 9.47 Å². The van der Waals surface area contributed by atoms with E-state index in [1.54, 1.807) is 12.2 Å². The van der Waals surface area contributed by atoms with Gasteiger partial charge in [-0.2, -0.15) is 0 Å². The molecule has 10 heteroatoms. The Hall–Kier alpha value is -1.63. The third kappa shape index (κ3) is 21.0. The van der Waals surface area contributed by atoms with E-state index in [1.165, 1.54) is 102 Å². The Morgan fingerprint density at radius 2 is 1.30 bits per heavy atom. The molecule has 7 N–H and O–H groups in total. The average Bonchev–Trinajstić information content (AvgIpc) is 3.11. The van der Waals surface area contributed by atoms with Crippen molar-refractivity contribution in [3.05, 3.63) is 36.0 Å². The fourth-order valence-corrected chi connectivity index (χ4v) is 6.04. The molecule has 292 valence electrons. The summed E-state index contributed by atoms with van der Waals surface area (Å²) < 4.78 is 11.0. The normalized spacial score (nSPS) is 23.5. The SMILES string of the molecule is CCCCCCCCCCCCCCCC=CC(O)C(=O)NC(COC1OC(CO)C(O)C(O)C1O)C(O)C=CCCC=C(C)CCCCC. The van der Waals surface area contributed by atoms with Gasteiger partial charge in [-0.15, -0.1) is 0 Å². The van der Waals surface area contributed by atoms with Crippen molar-refractivity contribution in [3.63, 3.8) is 0 Å². The number of unbranched alkanes of at least 4 members (excludes halogenated alkanes) is 16. The molecule has 1 amide bonds. The van der Waals surface area contributed by atoms with Crippen LogP contribution in [0.25, 0.3) is 0 Å². The Morgan fingerprint density at radius 3 is 1.90 bits per heavy atom. The molecule has 50 heavy (non-hydrogen) atoms. The molecule has 0 bridgehead atoms. The van der Waals surface area contributed by atoms with Crippen molar-refractivity contribution < 1.29 is 44.9 Å². The third-order valence-electron chi connectivity index (χ3n) is 9.42. The number of ether oxygens (including phenoxy) is 2. The van der Waals surface area contributed by atoms with Crippen molar-refractivity contribution in [3.8, 4) is 0 Å². The Balaban J connectivity index is 2.57. The lowest BCUT2D eigenvalue weighted by molar-refractivity contribution is -0.302. The molecule has 8 unspecified atom stereocenters. The highest BCUT2D eigenvalue weighted by molar-refractivity contribution is 5.82. The molecule has 1 aliphatic rings. The number of carbonyl (C=O) groups excluding carboxylic acids is 1. The van der Waals surface area contributed by atoms with Crippen LogP contribution in [0.5, 0.6) is 0 Å². The van der Waals surface area contributed by atoms with Crippen molar-refractivity contribution in [1.82, 2.24) is 5.32 Å². The first kappa shape index (κ1) is 46.4. The van der Waals surface area contributed by atoms with Crippen LogP contribution in [-0.4, -0.2) is 98.7 Å². The summed E-state index contributed by atoms with van der Waals surface area (Å²) in [6, 6.07) is -1.03. The zero-order chi connectivity index (χ0) is 37.0. The first-order valence-electron chi connectivity index (χ1n) is 19.7. The predicted octanol–water partition coefficient (Wildman–Crippen LogP) is 5.91. The topological polar surface area (TPSA) is 169 Å². The molecule has 1 aliphatic heterocycles. The average molecular weight is 712 g/mol. The lowest BCUT2D eigenvalue weighted by Gasteiger charge is -2.40. The molecule has 10 nitrogen and oxygen atoms in total. The second-order valence-corrected chi connectivity index (χ2v) is 14.1. The van der Waals surface area contributed by atoms with E-state index in [0.717, 1.165) is 32.1 Å². The highest BCUT2D eigenvalue weighted by Gasteiger charge is 2.44. The molecule has 8 atom stereocenters. The van der Waals surface area contributed by atoms with E-state index >= 15 is 0 Å². The number of allylic oxidation sites excluding steroid dienone is 4. The van der Waals surface area contributed by atoms with Crippen LogP contribution in [0, 0.1) is 0 Å². The van der Waals surface area contributed by atoms with Gasteiger partial charge in [0.15, 0.2) is 12.4 Å². The Morgan fingerprint density at radius 1 is 0.740 bits per heavy atom. The molecule has 1 saturated heterocycles. The summed E-state index contributed by atoms with van der Waals surface area (Å²) in [7, 11) is 0. The van der Waals surface area contributed by atoms with Crippen LogP contribution in [0.2, 0.25) is 0 Å². The van der Waals surface area contributed by atoms with E-state index in [0.29, 0.717) is 6.42 Å². The van der Waals surface area contributed by atoms with Crippen molar-refractivity contribution in [2.45, 2.75) is 198 Å². The first-order valence-corrected chi connectivity index (χ1v) is 19.7. The van der Waals surface area contributed by atoms with Gasteiger partial charge in [0.1, 0.15) is 24.4 Å². The summed E-state index contributed by atoms with van der Waals surface area (Å²) in [4.78, 5) is 12.9. The maximum absolute atomic E-state index is 12.9. The number of rotatable bonds is 30. The fraction of sp³-hybridized carbons (Fsp3) is 0.825. The van der Waals surface area contributed by atoms with Gasteiger partial charge in [-0.1, -0.05) is 140 Å². The summed E-state index contributed by atoms with van der Waals surface area (Å²) in [5.74, 6) is -0.716. The minimum atomic E-state index is -1.62. The number of nitrogens with one attached hydrogen (secondary N) is 1. The van der Waals surface area contributed by atoms with E-state index in [-0.39, 0.29) is 6.61 Å². The zero-order valence-corrected chi connectivity index (χ0v) is 31.5. The van der Waals surface area contributed by atoms with E-state index < -0.39 is 61.5 Å². The molecular weight excluding hydrogens is 638 g/mol. The second kappa shape index (κ2) is 29.9. The van der Waals surface area contributed by atoms with E-state index in [2.05, 4.69) is 32.2 Å². The second-order valence-electron chi connectivity index (χ2n) is 14.1. The summed E-state index contributed by atoms with van der Waals surface area (Å²) in [6.45, 7) is 5.60. The van der Waals surface area contributed by atoms with E-state index in [9.17, 15) is 35.4 Å². The van der Waals surface area contributed by atoms with Crippen LogP contribution >= 0.6 is 0 Å². The number of amides is 1. The number of hydrogen-bond donors (Lipinski definition) is 7. The molecule has 0 aromatic heterocycles. The van der Waals surface area contributed by atoms with Crippen molar-refractivity contribution in [2.24, 2.45) is 0 Å². The van der Waals surface area contributed by atoms with Gasteiger partial charge in [-0.05, 0) is 45.4 Å². The molecule has 1 fully saturated rings. The Labute approximate surface area is 303 Å². The van der Waals surface area contributed by atoms with Gasteiger partial charge in [0, 0.05) is 0 Å². The van der Waals surface area contributed by atoms with Crippen LogP contribution < -0.4 is 5.32 Å². The molecule has 1 heterocycles. The molecule has 0 saturated carbocycles. The maximum atomic E-state index is 12.9. The molecule has 1 rings (SSSR count). The number of carbonyl (C=O) groups is 1. The van der Waals surface area contributed by atoms with Gasteiger partial charge in [0.2, 0.25) is 0 Å².